The molecule has 28 heavy (non-hydrogen) atoms. The van der Waals surface area contributed by atoms with E-state index in [0.717, 1.165) is 18.6 Å². The van der Waals surface area contributed by atoms with Gasteiger partial charge in [-0.3, -0.25) is 9.59 Å². The van der Waals surface area contributed by atoms with Gasteiger partial charge in [-0.15, -0.1) is 0 Å². The fourth-order valence-electron chi connectivity index (χ4n) is 2.87. The Bertz CT molecular complexity index is 764. The highest BCUT2D eigenvalue weighted by molar-refractivity contribution is 6.09. The van der Waals surface area contributed by atoms with Crippen LogP contribution in [-0.2, 0) is 9.59 Å². The molecule has 2 rings (SSSR count). The Balaban J connectivity index is 2.03. The van der Waals surface area contributed by atoms with E-state index in [-0.39, 0.29) is 11.8 Å². The molecule has 0 unspecified atom stereocenters. The second-order valence-corrected chi connectivity index (χ2v) is 7.31. The van der Waals surface area contributed by atoms with Crippen molar-refractivity contribution in [3.05, 3.63) is 54.6 Å². The minimum atomic E-state index is -1.14. The molecule has 2 aromatic rings. The Hall–Kier alpha value is -2.82. The van der Waals surface area contributed by atoms with Crippen LogP contribution in [0, 0.1) is 5.41 Å². The minimum absolute atomic E-state index is 0.141. The van der Waals surface area contributed by atoms with Gasteiger partial charge >= 0.3 is 0 Å². The van der Waals surface area contributed by atoms with Gasteiger partial charge in [0.2, 0.25) is 11.8 Å². The van der Waals surface area contributed by atoms with Gasteiger partial charge in [-0.25, -0.2) is 0 Å². The third-order valence-electron chi connectivity index (χ3n) is 4.47. The number of ether oxygens (including phenoxy) is 1. The van der Waals surface area contributed by atoms with E-state index in [0.29, 0.717) is 24.5 Å². The number of para-hydroxylation sites is 1. The molecule has 0 fully saturated rings. The van der Waals surface area contributed by atoms with Gasteiger partial charge in [0.05, 0.1) is 0 Å². The number of nitrogens with one attached hydrogen (secondary N) is 1. The van der Waals surface area contributed by atoms with Crippen molar-refractivity contribution in [1.82, 2.24) is 4.90 Å². The predicted octanol–water partition coefficient (Wildman–Crippen LogP) is 5.09. The van der Waals surface area contributed by atoms with Crippen LogP contribution in [0.2, 0.25) is 0 Å². The van der Waals surface area contributed by atoms with Crippen molar-refractivity contribution in [2.75, 3.05) is 18.4 Å². The van der Waals surface area contributed by atoms with Crippen molar-refractivity contribution in [3.8, 4) is 11.5 Å². The van der Waals surface area contributed by atoms with Gasteiger partial charge < -0.3 is 15.0 Å². The van der Waals surface area contributed by atoms with Crippen LogP contribution in [0.15, 0.2) is 54.6 Å². The van der Waals surface area contributed by atoms with E-state index in [2.05, 4.69) is 5.32 Å². The normalized spacial score (nSPS) is 11.0. The van der Waals surface area contributed by atoms with Crippen molar-refractivity contribution in [2.45, 2.75) is 40.5 Å². The summed E-state index contributed by atoms with van der Waals surface area (Å²) in [5.74, 6) is 0.971. The Morgan fingerprint density at radius 2 is 1.43 bits per heavy atom. The van der Waals surface area contributed by atoms with Crippen LogP contribution in [0.3, 0.4) is 0 Å². The number of amides is 2. The molecule has 0 radical (unpaired) electrons. The summed E-state index contributed by atoms with van der Waals surface area (Å²) in [6.45, 7) is 8.74. The van der Waals surface area contributed by atoms with Crippen molar-refractivity contribution in [2.24, 2.45) is 5.41 Å². The summed E-state index contributed by atoms with van der Waals surface area (Å²) in [5.41, 5.74) is -0.507. The first-order valence-corrected chi connectivity index (χ1v) is 9.82. The lowest BCUT2D eigenvalue weighted by Crippen LogP contribution is -2.47. The summed E-state index contributed by atoms with van der Waals surface area (Å²) >= 11 is 0. The Morgan fingerprint density at radius 3 is 1.96 bits per heavy atom. The van der Waals surface area contributed by atoms with Crippen molar-refractivity contribution < 1.29 is 14.3 Å². The van der Waals surface area contributed by atoms with Gasteiger partial charge in [-0.2, -0.15) is 0 Å². The molecular weight excluding hydrogens is 352 g/mol. The Morgan fingerprint density at radius 1 is 0.893 bits per heavy atom. The Labute approximate surface area is 167 Å². The van der Waals surface area contributed by atoms with Crippen LogP contribution in [0.5, 0.6) is 11.5 Å². The summed E-state index contributed by atoms with van der Waals surface area (Å²) in [5, 5.41) is 2.85. The van der Waals surface area contributed by atoms with Gasteiger partial charge in [-0.05, 0) is 63.1 Å². The van der Waals surface area contributed by atoms with E-state index >= 15 is 0 Å². The summed E-state index contributed by atoms with van der Waals surface area (Å²) < 4.78 is 5.76. The van der Waals surface area contributed by atoms with E-state index in [1.807, 2.05) is 44.2 Å². The lowest BCUT2D eigenvalue weighted by atomic mass is 9.90. The SMILES string of the molecule is CCCN(CCC)C(=O)C(C)(C)C(=O)Nc1ccc(Oc2ccccc2)cc1. The molecule has 2 aromatic carbocycles. The number of anilines is 1. The monoisotopic (exact) mass is 382 g/mol. The molecule has 0 atom stereocenters. The standard InChI is InChI=1S/C23H30N2O3/c1-5-16-25(17-6-2)22(27)23(3,4)21(26)24-18-12-14-20(15-13-18)28-19-10-8-7-9-11-19/h7-15H,5-6,16-17H2,1-4H3,(H,24,26). The van der Waals surface area contributed by atoms with Crippen LogP contribution < -0.4 is 10.1 Å². The highest BCUT2D eigenvalue weighted by Gasteiger charge is 2.38. The molecule has 0 aliphatic carbocycles. The average molecular weight is 383 g/mol. The summed E-state index contributed by atoms with van der Waals surface area (Å²) in [4.78, 5) is 27.4. The van der Waals surface area contributed by atoms with E-state index in [4.69, 9.17) is 4.74 Å². The number of hydrogen-bond donors (Lipinski definition) is 1. The number of hydrogen-bond acceptors (Lipinski definition) is 3. The van der Waals surface area contributed by atoms with Crippen molar-refractivity contribution in [3.63, 3.8) is 0 Å². The predicted molar refractivity (Wildman–Crippen MR) is 113 cm³/mol. The summed E-state index contributed by atoms with van der Waals surface area (Å²) in [6, 6.07) is 16.6. The van der Waals surface area contributed by atoms with Crippen molar-refractivity contribution >= 4 is 17.5 Å². The molecular formula is C23H30N2O3. The molecule has 0 spiro atoms. The first-order chi connectivity index (χ1) is 13.4. The first kappa shape index (κ1) is 21.5. The fourth-order valence-corrected chi connectivity index (χ4v) is 2.87. The van der Waals surface area contributed by atoms with Crippen LogP contribution in [0.4, 0.5) is 5.69 Å². The molecule has 1 N–H and O–H groups in total. The molecule has 2 amide bonds. The van der Waals surface area contributed by atoms with Crippen molar-refractivity contribution in [1.29, 1.82) is 0 Å². The number of benzene rings is 2. The van der Waals surface area contributed by atoms with Gasteiger partial charge in [0.1, 0.15) is 16.9 Å². The molecule has 150 valence electrons. The topological polar surface area (TPSA) is 58.6 Å². The molecule has 0 aromatic heterocycles. The number of carbonyl (C=O) groups is 2. The highest BCUT2D eigenvalue weighted by atomic mass is 16.5. The molecule has 0 bridgehead atoms. The van der Waals surface area contributed by atoms with Crippen LogP contribution >= 0.6 is 0 Å². The van der Waals surface area contributed by atoms with Crippen LogP contribution in [0.25, 0.3) is 0 Å². The maximum Gasteiger partial charge on any atom is 0.239 e. The molecule has 0 saturated heterocycles. The van der Waals surface area contributed by atoms with Gasteiger partial charge in [0.25, 0.3) is 0 Å². The molecule has 0 aliphatic heterocycles. The average Bonchev–Trinajstić information content (AvgIpc) is 2.69. The molecule has 5 nitrogen and oxygen atoms in total. The summed E-state index contributed by atoms with van der Waals surface area (Å²) in [6.07, 6.45) is 1.73. The molecule has 0 saturated carbocycles. The largest absolute Gasteiger partial charge is 0.457 e. The van der Waals surface area contributed by atoms with Gasteiger partial charge in [0.15, 0.2) is 0 Å². The second-order valence-electron chi connectivity index (χ2n) is 7.31. The maximum atomic E-state index is 12.9. The zero-order valence-corrected chi connectivity index (χ0v) is 17.2. The maximum absolute atomic E-state index is 12.9. The van der Waals surface area contributed by atoms with Crippen LogP contribution in [0.1, 0.15) is 40.5 Å². The third-order valence-corrected chi connectivity index (χ3v) is 4.47. The summed E-state index contributed by atoms with van der Waals surface area (Å²) in [7, 11) is 0. The fraction of sp³-hybridized carbons (Fsp3) is 0.391. The smallest absolute Gasteiger partial charge is 0.239 e. The van der Waals surface area contributed by atoms with Gasteiger partial charge in [0, 0.05) is 18.8 Å². The lowest BCUT2D eigenvalue weighted by Gasteiger charge is -2.30. The number of nitrogens with zero attached hydrogens (tertiary/aromatic N) is 1. The molecule has 0 heterocycles. The van der Waals surface area contributed by atoms with E-state index in [1.165, 1.54) is 0 Å². The molecule has 0 aliphatic rings. The zero-order chi connectivity index (χ0) is 20.6. The molecule has 5 heteroatoms. The van der Waals surface area contributed by atoms with E-state index < -0.39 is 5.41 Å². The lowest BCUT2D eigenvalue weighted by molar-refractivity contribution is -0.146. The second kappa shape index (κ2) is 9.93. The minimum Gasteiger partial charge on any atom is -0.457 e. The van der Waals surface area contributed by atoms with E-state index in [9.17, 15) is 9.59 Å². The first-order valence-electron chi connectivity index (χ1n) is 9.82. The van der Waals surface area contributed by atoms with Gasteiger partial charge in [-0.1, -0.05) is 32.0 Å². The number of carbonyl (C=O) groups excluding carboxylic acids is 2. The Kier molecular flexibility index (Phi) is 7.61. The van der Waals surface area contributed by atoms with E-state index in [1.54, 1.807) is 43.0 Å². The number of rotatable bonds is 9. The zero-order valence-electron chi connectivity index (χ0n) is 17.2. The van der Waals surface area contributed by atoms with Crippen LogP contribution in [-0.4, -0.2) is 29.8 Å². The quantitative estimate of drug-likeness (QED) is 0.614. The highest BCUT2D eigenvalue weighted by Crippen LogP contribution is 2.25. The third kappa shape index (κ3) is 5.59.